The molecule has 2 N–H and O–H groups in total. The molecule has 2 aromatic rings. The number of nitrogens with two attached hydrogens (primary N) is 1. The number of aromatic nitrogens is 1. The standard InChI is InChI=1S/C12H13BrN2S/c1-2-10(14)12-15-11(7-16-12)8-5-3-4-6-9(8)13/h3-7,10H,2,14H2,1H3. The van der Waals surface area contributed by atoms with Gasteiger partial charge in [0, 0.05) is 15.4 Å². The Hall–Kier alpha value is -0.710. The molecule has 1 heterocycles. The van der Waals surface area contributed by atoms with Gasteiger partial charge in [0.1, 0.15) is 5.01 Å². The van der Waals surface area contributed by atoms with E-state index >= 15 is 0 Å². The van der Waals surface area contributed by atoms with E-state index in [0.29, 0.717) is 0 Å². The van der Waals surface area contributed by atoms with Crippen LogP contribution in [0.25, 0.3) is 11.3 Å². The van der Waals surface area contributed by atoms with E-state index in [1.54, 1.807) is 11.3 Å². The molecule has 0 fully saturated rings. The summed E-state index contributed by atoms with van der Waals surface area (Å²) in [5.41, 5.74) is 8.08. The zero-order chi connectivity index (χ0) is 11.5. The van der Waals surface area contributed by atoms with Gasteiger partial charge >= 0.3 is 0 Å². The quantitative estimate of drug-likeness (QED) is 0.930. The molecular formula is C12H13BrN2S. The minimum atomic E-state index is 0.0567. The fraction of sp³-hybridized carbons (Fsp3) is 0.250. The number of rotatable bonds is 3. The molecule has 0 bridgehead atoms. The van der Waals surface area contributed by atoms with Crippen LogP contribution in [0.5, 0.6) is 0 Å². The molecule has 4 heteroatoms. The van der Waals surface area contributed by atoms with Crippen LogP contribution >= 0.6 is 27.3 Å². The number of hydrogen-bond acceptors (Lipinski definition) is 3. The first-order valence-corrected chi connectivity index (χ1v) is 6.85. The minimum Gasteiger partial charge on any atom is -0.322 e. The molecule has 0 aliphatic heterocycles. The molecule has 0 aliphatic rings. The van der Waals surface area contributed by atoms with Crippen molar-refractivity contribution in [3.05, 3.63) is 39.1 Å². The first-order chi connectivity index (χ1) is 7.72. The Morgan fingerprint density at radius 3 is 2.88 bits per heavy atom. The third-order valence-corrected chi connectivity index (χ3v) is 4.10. The molecule has 1 aromatic carbocycles. The molecule has 1 unspecified atom stereocenters. The molecule has 2 rings (SSSR count). The zero-order valence-electron chi connectivity index (χ0n) is 8.98. The molecule has 0 saturated carbocycles. The summed E-state index contributed by atoms with van der Waals surface area (Å²) < 4.78 is 1.07. The highest BCUT2D eigenvalue weighted by atomic mass is 79.9. The van der Waals surface area contributed by atoms with Crippen LogP contribution in [0.2, 0.25) is 0 Å². The van der Waals surface area contributed by atoms with Crippen molar-refractivity contribution < 1.29 is 0 Å². The van der Waals surface area contributed by atoms with E-state index in [0.717, 1.165) is 27.2 Å². The molecule has 0 amide bonds. The SMILES string of the molecule is CCC(N)c1nc(-c2ccccc2Br)cs1. The normalized spacial score (nSPS) is 12.7. The second-order valence-electron chi connectivity index (χ2n) is 3.57. The Bertz CT molecular complexity index is 481. The Balaban J connectivity index is 2.35. The average Bonchev–Trinajstić information content (AvgIpc) is 2.78. The van der Waals surface area contributed by atoms with Gasteiger partial charge in [-0.1, -0.05) is 41.1 Å². The molecule has 1 aromatic heterocycles. The van der Waals surface area contributed by atoms with Crippen LogP contribution < -0.4 is 5.73 Å². The van der Waals surface area contributed by atoms with Crippen LogP contribution in [0, 0.1) is 0 Å². The first-order valence-electron chi connectivity index (χ1n) is 5.18. The van der Waals surface area contributed by atoms with Crippen molar-refractivity contribution >= 4 is 27.3 Å². The lowest BCUT2D eigenvalue weighted by molar-refractivity contribution is 0.693. The fourth-order valence-electron chi connectivity index (χ4n) is 1.43. The zero-order valence-corrected chi connectivity index (χ0v) is 11.4. The molecule has 0 radical (unpaired) electrons. The summed E-state index contributed by atoms with van der Waals surface area (Å²) >= 11 is 5.16. The number of thiazole rings is 1. The minimum absolute atomic E-state index is 0.0567. The Morgan fingerprint density at radius 2 is 2.19 bits per heavy atom. The Kier molecular flexibility index (Phi) is 3.74. The summed E-state index contributed by atoms with van der Waals surface area (Å²) in [7, 11) is 0. The van der Waals surface area contributed by atoms with Gasteiger partial charge in [-0.25, -0.2) is 4.98 Å². The van der Waals surface area contributed by atoms with E-state index in [9.17, 15) is 0 Å². The summed E-state index contributed by atoms with van der Waals surface area (Å²) in [6.07, 6.45) is 0.920. The fourth-order valence-corrected chi connectivity index (χ4v) is 2.82. The van der Waals surface area contributed by atoms with Crippen molar-refractivity contribution in [3.63, 3.8) is 0 Å². The van der Waals surface area contributed by atoms with Gasteiger partial charge < -0.3 is 5.73 Å². The lowest BCUT2D eigenvalue weighted by atomic mass is 10.2. The lowest BCUT2D eigenvalue weighted by Gasteiger charge is -2.03. The van der Waals surface area contributed by atoms with Gasteiger partial charge in [-0.2, -0.15) is 0 Å². The van der Waals surface area contributed by atoms with Gasteiger partial charge in [-0.05, 0) is 12.5 Å². The summed E-state index contributed by atoms with van der Waals surface area (Å²) in [6, 6.07) is 8.15. The van der Waals surface area contributed by atoms with E-state index in [2.05, 4.69) is 39.3 Å². The monoisotopic (exact) mass is 296 g/mol. The molecule has 2 nitrogen and oxygen atoms in total. The number of halogens is 1. The molecule has 84 valence electrons. The molecule has 16 heavy (non-hydrogen) atoms. The maximum atomic E-state index is 5.96. The van der Waals surface area contributed by atoms with Gasteiger partial charge in [-0.15, -0.1) is 11.3 Å². The average molecular weight is 297 g/mol. The Labute approximate surface area is 108 Å². The summed E-state index contributed by atoms with van der Waals surface area (Å²) in [5.74, 6) is 0. The molecular weight excluding hydrogens is 284 g/mol. The van der Waals surface area contributed by atoms with Crippen molar-refractivity contribution in [2.75, 3.05) is 0 Å². The predicted octanol–water partition coefficient (Wildman–Crippen LogP) is 3.98. The van der Waals surface area contributed by atoms with Crippen molar-refractivity contribution in [1.82, 2.24) is 4.98 Å². The summed E-state index contributed by atoms with van der Waals surface area (Å²) in [4.78, 5) is 4.58. The molecule has 0 spiro atoms. The second kappa shape index (κ2) is 5.08. The van der Waals surface area contributed by atoms with Gasteiger partial charge in [0.25, 0.3) is 0 Å². The van der Waals surface area contributed by atoms with Crippen LogP contribution in [-0.4, -0.2) is 4.98 Å². The predicted molar refractivity (Wildman–Crippen MR) is 72.5 cm³/mol. The van der Waals surface area contributed by atoms with E-state index in [4.69, 9.17) is 5.73 Å². The summed E-state index contributed by atoms with van der Waals surface area (Å²) in [6.45, 7) is 2.07. The largest absolute Gasteiger partial charge is 0.322 e. The van der Waals surface area contributed by atoms with Crippen LogP contribution in [0.1, 0.15) is 24.4 Å². The highest BCUT2D eigenvalue weighted by Gasteiger charge is 2.11. The smallest absolute Gasteiger partial charge is 0.110 e. The highest BCUT2D eigenvalue weighted by molar-refractivity contribution is 9.10. The first kappa shape index (κ1) is 11.8. The van der Waals surface area contributed by atoms with Crippen molar-refractivity contribution in [2.45, 2.75) is 19.4 Å². The molecule has 1 atom stereocenters. The van der Waals surface area contributed by atoms with Crippen LogP contribution in [0.15, 0.2) is 34.1 Å². The summed E-state index contributed by atoms with van der Waals surface area (Å²) in [5, 5.41) is 3.07. The van der Waals surface area contributed by atoms with Crippen LogP contribution in [-0.2, 0) is 0 Å². The number of benzene rings is 1. The van der Waals surface area contributed by atoms with E-state index in [-0.39, 0.29) is 6.04 Å². The van der Waals surface area contributed by atoms with Crippen LogP contribution in [0.3, 0.4) is 0 Å². The van der Waals surface area contributed by atoms with Crippen molar-refractivity contribution in [1.29, 1.82) is 0 Å². The lowest BCUT2D eigenvalue weighted by Crippen LogP contribution is -2.07. The third kappa shape index (κ3) is 2.34. The van der Waals surface area contributed by atoms with E-state index < -0.39 is 0 Å². The highest BCUT2D eigenvalue weighted by Crippen LogP contribution is 2.30. The van der Waals surface area contributed by atoms with Gasteiger partial charge in [0.15, 0.2) is 0 Å². The maximum Gasteiger partial charge on any atom is 0.110 e. The van der Waals surface area contributed by atoms with Crippen molar-refractivity contribution in [2.24, 2.45) is 5.73 Å². The molecule has 0 saturated heterocycles. The Morgan fingerprint density at radius 1 is 1.44 bits per heavy atom. The van der Waals surface area contributed by atoms with Gasteiger partial charge in [-0.3, -0.25) is 0 Å². The second-order valence-corrected chi connectivity index (χ2v) is 5.31. The maximum absolute atomic E-state index is 5.96. The van der Waals surface area contributed by atoms with Crippen molar-refractivity contribution in [3.8, 4) is 11.3 Å². The van der Waals surface area contributed by atoms with E-state index in [1.165, 1.54) is 0 Å². The van der Waals surface area contributed by atoms with E-state index in [1.807, 2.05) is 18.2 Å². The third-order valence-electron chi connectivity index (χ3n) is 2.43. The van der Waals surface area contributed by atoms with Crippen LogP contribution in [0.4, 0.5) is 0 Å². The number of hydrogen-bond donors (Lipinski definition) is 1. The number of nitrogens with zero attached hydrogens (tertiary/aromatic N) is 1. The van der Waals surface area contributed by atoms with Gasteiger partial charge in [0.2, 0.25) is 0 Å². The topological polar surface area (TPSA) is 38.9 Å². The molecule has 0 aliphatic carbocycles. The van der Waals surface area contributed by atoms with Gasteiger partial charge in [0.05, 0.1) is 11.7 Å².